The molecule has 0 amide bonds. The lowest BCUT2D eigenvalue weighted by Crippen LogP contribution is -2.05. The Hall–Kier alpha value is -11.7. The molecule has 0 N–H and O–H groups in total. The number of fused-ring (bicyclic) bond motifs is 6. The third-order valence-electron chi connectivity index (χ3n) is 15.7. The third kappa shape index (κ3) is 8.59. The van der Waals surface area contributed by atoms with E-state index >= 15 is 0 Å². The smallest absolute Gasteiger partial charge is 0.309 e. The van der Waals surface area contributed by atoms with Crippen molar-refractivity contribution in [2.75, 3.05) is 0 Å². The molecule has 0 radical (unpaired) electrons. The average Bonchev–Trinajstić information content (AvgIpc) is 3.31. The zero-order valence-corrected chi connectivity index (χ0v) is 44.1. The molecular weight excluding hydrogens is 1030 g/mol. The van der Waals surface area contributed by atoms with Crippen molar-refractivity contribution in [3.05, 3.63) is 281 Å². The molecule has 2 heterocycles. The number of hydrogen-bond acceptors (Lipinski definition) is 2. The maximum absolute atomic E-state index is 14.2. The SMILES string of the molecule is [C-]#[N+]c1ccccc1-c1ccc2c(c1)c1cc(-c3ccccc3C#N)ccc1n2-c1ccc(C#N)cc1-c1cc(-c2ccc(C(F)(F)F)cc2C)ccc1-n1c2ccc(-c3ccccc3[N+]#[C-])cc2c2cc(-c3ccccc3[N+]#[C-])ccc21. The normalized spacial score (nSPS) is 11.3. The van der Waals surface area contributed by atoms with Gasteiger partial charge in [-0.05, 0) is 165 Å². The van der Waals surface area contributed by atoms with Crippen LogP contribution in [0.3, 0.4) is 0 Å². The van der Waals surface area contributed by atoms with Gasteiger partial charge in [-0.2, -0.15) is 23.7 Å². The lowest BCUT2D eigenvalue weighted by atomic mass is 9.92. The zero-order valence-electron chi connectivity index (χ0n) is 44.1. The lowest BCUT2D eigenvalue weighted by molar-refractivity contribution is -0.137. The van der Waals surface area contributed by atoms with Gasteiger partial charge in [0.1, 0.15) is 0 Å². The fourth-order valence-corrected chi connectivity index (χ4v) is 11.8. The summed E-state index contributed by atoms with van der Waals surface area (Å²) in [5, 5.41) is 24.5. The van der Waals surface area contributed by atoms with Gasteiger partial charge < -0.3 is 9.13 Å². The quantitative estimate of drug-likeness (QED) is 0.142. The summed E-state index contributed by atoms with van der Waals surface area (Å²) in [5.41, 5.74) is 15.7. The third-order valence-corrected chi connectivity index (χ3v) is 15.7. The van der Waals surface area contributed by atoms with E-state index in [-0.39, 0.29) is 0 Å². The summed E-state index contributed by atoms with van der Waals surface area (Å²) in [4.78, 5) is 11.6. The summed E-state index contributed by atoms with van der Waals surface area (Å²) < 4.78 is 47.1. The Balaban J connectivity index is 1.13. The van der Waals surface area contributed by atoms with E-state index in [1.54, 1.807) is 37.3 Å². The van der Waals surface area contributed by atoms with Crippen LogP contribution in [0.2, 0.25) is 0 Å². The van der Waals surface area contributed by atoms with Crippen LogP contribution < -0.4 is 0 Å². The highest BCUT2D eigenvalue weighted by Crippen LogP contribution is 2.47. The summed E-state index contributed by atoms with van der Waals surface area (Å²) in [5.74, 6) is 0. The molecule has 0 atom stereocenters. The summed E-state index contributed by atoms with van der Waals surface area (Å²) in [6.07, 6.45) is -4.55. The molecule has 0 bridgehead atoms. The van der Waals surface area contributed by atoms with Crippen LogP contribution in [-0.4, -0.2) is 9.13 Å². The maximum atomic E-state index is 14.2. The molecule has 0 saturated carbocycles. The molecule has 10 heteroatoms. The van der Waals surface area contributed by atoms with Crippen LogP contribution in [0.15, 0.2) is 224 Å². The van der Waals surface area contributed by atoms with Gasteiger partial charge in [-0.3, -0.25) is 0 Å². The van der Waals surface area contributed by atoms with Crippen LogP contribution in [0.5, 0.6) is 0 Å². The predicted molar refractivity (Wildman–Crippen MR) is 326 cm³/mol. The number of benzene rings is 11. The van der Waals surface area contributed by atoms with Crippen molar-refractivity contribution in [2.45, 2.75) is 13.1 Å². The van der Waals surface area contributed by atoms with Crippen LogP contribution in [-0.2, 0) is 6.18 Å². The van der Waals surface area contributed by atoms with Crippen molar-refractivity contribution < 1.29 is 13.2 Å². The van der Waals surface area contributed by atoms with E-state index < -0.39 is 11.7 Å². The van der Waals surface area contributed by atoms with Crippen LogP contribution in [0.1, 0.15) is 22.3 Å². The number of aromatic nitrogens is 2. The standard InChI is InChI=1S/C73H40F3N7/c1-44-35-52(73(74,75)76)27-28-53(44)46-22-30-68(83-71-33-25-49(56-16-8-11-19-65(56)80-3)40-62(71)63-41-50(26-34-72(63)83)57-17-9-12-20-66(57)81-4)59(37-46)58-36-45(42-77)21-29-67(58)82-69-31-23-47(54-14-6-5-13-51(54)43-78)38-60(69)61-39-48(24-32-70(61)82)55-15-7-10-18-64(55)79-2/h5-41H,1H3. The highest BCUT2D eigenvalue weighted by atomic mass is 19.4. The number of nitrogens with zero attached hydrogens (tertiary/aromatic N) is 7. The zero-order chi connectivity index (χ0) is 57.1. The summed E-state index contributed by atoms with van der Waals surface area (Å²) in [6.45, 7) is 25.8. The van der Waals surface area contributed by atoms with Gasteiger partial charge in [0.2, 0.25) is 0 Å². The summed E-state index contributed by atoms with van der Waals surface area (Å²) in [6, 6.07) is 74.5. The fourth-order valence-electron chi connectivity index (χ4n) is 11.8. The highest BCUT2D eigenvalue weighted by molar-refractivity contribution is 6.14. The number of rotatable bonds is 8. The van der Waals surface area contributed by atoms with Crippen LogP contribution in [0.25, 0.3) is 136 Å². The molecule has 7 nitrogen and oxygen atoms in total. The first kappa shape index (κ1) is 50.7. The van der Waals surface area contributed by atoms with E-state index in [4.69, 9.17) is 19.7 Å². The van der Waals surface area contributed by atoms with E-state index in [0.717, 1.165) is 100 Å². The molecule has 0 aliphatic rings. The van der Waals surface area contributed by atoms with Gasteiger partial charge >= 0.3 is 6.18 Å². The van der Waals surface area contributed by atoms with Crippen LogP contribution >= 0.6 is 0 Å². The van der Waals surface area contributed by atoms with Gasteiger partial charge in [0.05, 0.1) is 82.0 Å². The fraction of sp³-hybridized carbons (Fsp3) is 0.0274. The van der Waals surface area contributed by atoms with Gasteiger partial charge in [0, 0.05) is 32.7 Å². The molecule has 0 aliphatic carbocycles. The summed E-state index contributed by atoms with van der Waals surface area (Å²) >= 11 is 0. The van der Waals surface area contributed by atoms with Gasteiger partial charge in [0.25, 0.3) is 0 Å². The number of halogens is 3. The number of para-hydroxylation sites is 3. The molecule has 83 heavy (non-hydrogen) atoms. The lowest BCUT2D eigenvalue weighted by Gasteiger charge is -2.21. The minimum atomic E-state index is -4.55. The molecule has 0 unspecified atom stereocenters. The molecular formula is C73H40F3N7. The van der Waals surface area contributed by atoms with E-state index in [0.29, 0.717) is 67.4 Å². The molecule has 0 saturated heterocycles. The predicted octanol–water partition coefficient (Wildman–Crippen LogP) is 20.6. The van der Waals surface area contributed by atoms with E-state index in [1.165, 1.54) is 6.07 Å². The highest BCUT2D eigenvalue weighted by Gasteiger charge is 2.31. The molecule has 388 valence electrons. The second-order valence-corrected chi connectivity index (χ2v) is 20.2. The number of nitriles is 2. The largest absolute Gasteiger partial charge is 0.416 e. The van der Waals surface area contributed by atoms with Crippen LogP contribution in [0.4, 0.5) is 30.2 Å². The van der Waals surface area contributed by atoms with E-state index in [1.807, 2.05) is 152 Å². The maximum Gasteiger partial charge on any atom is 0.416 e. The second kappa shape index (κ2) is 20.2. The number of hydrogen-bond donors (Lipinski definition) is 0. The van der Waals surface area contributed by atoms with Crippen molar-refractivity contribution in [3.63, 3.8) is 0 Å². The molecule has 0 fully saturated rings. The number of alkyl halides is 3. The Bertz CT molecular complexity index is 4890. The van der Waals surface area contributed by atoms with E-state index in [2.05, 4.69) is 60.1 Å². The van der Waals surface area contributed by atoms with E-state index in [9.17, 15) is 23.7 Å². The first-order chi connectivity index (χ1) is 40.5. The monoisotopic (exact) mass is 1070 g/mol. The second-order valence-electron chi connectivity index (χ2n) is 20.2. The van der Waals surface area contributed by atoms with Crippen molar-refractivity contribution in [1.82, 2.24) is 9.13 Å². The summed E-state index contributed by atoms with van der Waals surface area (Å²) in [7, 11) is 0. The molecule has 13 rings (SSSR count). The van der Waals surface area contributed by atoms with Crippen molar-refractivity contribution in [1.29, 1.82) is 10.5 Å². The molecule has 0 aliphatic heterocycles. The van der Waals surface area contributed by atoms with Gasteiger partial charge in [-0.1, -0.05) is 127 Å². The van der Waals surface area contributed by atoms with Crippen molar-refractivity contribution in [2.24, 2.45) is 0 Å². The first-order valence-electron chi connectivity index (χ1n) is 26.4. The molecule has 0 spiro atoms. The minimum absolute atomic E-state index is 0.369. The molecule has 2 aromatic heterocycles. The number of aryl methyl sites for hydroxylation is 1. The topological polar surface area (TPSA) is 70.5 Å². The Labute approximate surface area is 475 Å². The molecule has 13 aromatic rings. The average molecular weight is 1070 g/mol. The van der Waals surface area contributed by atoms with Gasteiger partial charge in [0.15, 0.2) is 17.1 Å². The van der Waals surface area contributed by atoms with Crippen LogP contribution in [0, 0.1) is 49.3 Å². The van der Waals surface area contributed by atoms with Crippen molar-refractivity contribution in [3.8, 4) is 90.3 Å². The molecule has 11 aromatic carbocycles. The first-order valence-corrected chi connectivity index (χ1v) is 26.4. The van der Waals surface area contributed by atoms with Gasteiger partial charge in [-0.15, -0.1) is 0 Å². The Kier molecular flexibility index (Phi) is 12.3. The Morgan fingerprint density at radius 3 is 1.18 bits per heavy atom. The minimum Gasteiger partial charge on any atom is -0.309 e. The van der Waals surface area contributed by atoms with Crippen molar-refractivity contribution >= 4 is 60.7 Å². The Morgan fingerprint density at radius 2 is 0.759 bits per heavy atom. The Morgan fingerprint density at radius 1 is 0.373 bits per heavy atom. The van der Waals surface area contributed by atoms with Gasteiger partial charge in [-0.25, -0.2) is 14.5 Å².